The van der Waals surface area contributed by atoms with Crippen molar-refractivity contribution < 1.29 is 0 Å². The number of aromatic nitrogens is 3. The molecule has 0 saturated carbocycles. The van der Waals surface area contributed by atoms with Gasteiger partial charge >= 0.3 is 0 Å². The van der Waals surface area contributed by atoms with Crippen molar-refractivity contribution in [3.05, 3.63) is 64.4 Å². The largest absolute Gasteiger partial charge is 0.303 e. The summed E-state index contributed by atoms with van der Waals surface area (Å²) in [6, 6.07) is 10.7. The van der Waals surface area contributed by atoms with Gasteiger partial charge in [-0.25, -0.2) is 9.67 Å². The predicted molar refractivity (Wildman–Crippen MR) is 97.4 cm³/mol. The summed E-state index contributed by atoms with van der Waals surface area (Å²) >= 11 is 1.70. The fraction of sp³-hybridized carbons (Fsp3) is 0.368. The van der Waals surface area contributed by atoms with E-state index in [2.05, 4.69) is 53.1 Å². The average molecular weight is 338 g/mol. The molecule has 5 heteroatoms. The second-order valence-electron chi connectivity index (χ2n) is 7.20. The molecule has 4 nitrogen and oxygen atoms in total. The Morgan fingerprint density at radius 2 is 2.12 bits per heavy atom. The third-order valence-electron chi connectivity index (χ3n) is 4.66. The molecule has 3 aromatic rings. The maximum atomic E-state index is 4.69. The SMILES string of the molecule is CC1(C)Cc2c(cnn2-c2ccccc2)C(NCc2nccs2)C1. The number of fused-ring (bicyclic) bond motifs is 1. The highest BCUT2D eigenvalue weighted by Crippen LogP contribution is 2.41. The number of thiazole rings is 1. The van der Waals surface area contributed by atoms with E-state index in [0.29, 0.717) is 6.04 Å². The molecule has 4 rings (SSSR count). The van der Waals surface area contributed by atoms with Gasteiger partial charge in [0.25, 0.3) is 0 Å². The van der Waals surface area contributed by atoms with Crippen molar-refractivity contribution in [1.82, 2.24) is 20.1 Å². The first-order chi connectivity index (χ1) is 11.6. The van der Waals surface area contributed by atoms with E-state index < -0.39 is 0 Å². The number of nitrogens with zero attached hydrogens (tertiary/aromatic N) is 3. The molecule has 0 saturated heterocycles. The van der Waals surface area contributed by atoms with Crippen molar-refractivity contribution in [2.45, 2.75) is 39.3 Å². The molecular weight excluding hydrogens is 316 g/mol. The highest BCUT2D eigenvalue weighted by atomic mass is 32.1. The second kappa shape index (κ2) is 6.15. The Kier molecular flexibility index (Phi) is 3.98. The highest BCUT2D eigenvalue weighted by molar-refractivity contribution is 7.09. The first-order valence-electron chi connectivity index (χ1n) is 8.36. The zero-order valence-electron chi connectivity index (χ0n) is 14.1. The van der Waals surface area contributed by atoms with Crippen LogP contribution in [0.25, 0.3) is 5.69 Å². The van der Waals surface area contributed by atoms with Gasteiger partial charge in [-0.05, 0) is 30.4 Å². The zero-order chi connectivity index (χ0) is 16.6. The lowest BCUT2D eigenvalue weighted by molar-refractivity contribution is 0.252. The molecule has 1 atom stereocenters. The van der Waals surface area contributed by atoms with E-state index in [1.165, 1.54) is 11.3 Å². The van der Waals surface area contributed by atoms with E-state index in [1.807, 2.05) is 23.8 Å². The van der Waals surface area contributed by atoms with Crippen LogP contribution < -0.4 is 5.32 Å². The lowest BCUT2D eigenvalue weighted by Gasteiger charge is -2.36. The van der Waals surface area contributed by atoms with Crippen molar-refractivity contribution in [1.29, 1.82) is 0 Å². The predicted octanol–water partition coefficient (Wildman–Crippen LogP) is 4.13. The van der Waals surface area contributed by atoms with Crippen LogP contribution in [-0.4, -0.2) is 14.8 Å². The van der Waals surface area contributed by atoms with Crippen molar-refractivity contribution in [2.24, 2.45) is 5.41 Å². The van der Waals surface area contributed by atoms with Crippen LogP contribution in [0.15, 0.2) is 48.1 Å². The van der Waals surface area contributed by atoms with E-state index in [9.17, 15) is 0 Å². The number of hydrogen-bond acceptors (Lipinski definition) is 4. The molecule has 1 aliphatic rings. The maximum Gasteiger partial charge on any atom is 0.106 e. The van der Waals surface area contributed by atoms with E-state index in [0.717, 1.165) is 30.1 Å². The molecule has 0 aliphatic heterocycles. The quantitative estimate of drug-likeness (QED) is 0.778. The van der Waals surface area contributed by atoms with Gasteiger partial charge in [0.2, 0.25) is 0 Å². The molecule has 1 unspecified atom stereocenters. The van der Waals surface area contributed by atoms with E-state index in [4.69, 9.17) is 5.10 Å². The number of benzene rings is 1. The van der Waals surface area contributed by atoms with Gasteiger partial charge in [-0.2, -0.15) is 5.10 Å². The van der Waals surface area contributed by atoms with Gasteiger partial charge in [-0.15, -0.1) is 11.3 Å². The van der Waals surface area contributed by atoms with Crippen molar-refractivity contribution >= 4 is 11.3 Å². The smallest absolute Gasteiger partial charge is 0.106 e. The summed E-state index contributed by atoms with van der Waals surface area (Å²) in [6.45, 7) is 5.50. The molecule has 24 heavy (non-hydrogen) atoms. The Balaban J connectivity index is 1.65. The van der Waals surface area contributed by atoms with Gasteiger partial charge in [0, 0.05) is 35.4 Å². The molecule has 0 amide bonds. The minimum Gasteiger partial charge on any atom is -0.303 e. The summed E-state index contributed by atoms with van der Waals surface area (Å²) in [5.41, 5.74) is 4.04. The molecule has 124 valence electrons. The third-order valence-corrected chi connectivity index (χ3v) is 5.44. The van der Waals surface area contributed by atoms with Gasteiger partial charge in [0.15, 0.2) is 0 Å². The molecule has 1 aliphatic carbocycles. The van der Waals surface area contributed by atoms with Crippen LogP contribution in [0.2, 0.25) is 0 Å². The molecule has 0 radical (unpaired) electrons. The molecule has 1 N–H and O–H groups in total. The van der Waals surface area contributed by atoms with Crippen molar-refractivity contribution in [3.8, 4) is 5.69 Å². The summed E-state index contributed by atoms with van der Waals surface area (Å²) < 4.78 is 2.11. The van der Waals surface area contributed by atoms with Crippen LogP contribution in [0, 0.1) is 5.41 Å². The first-order valence-corrected chi connectivity index (χ1v) is 9.24. The molecule has 0 fully saturated rings. The minimum atomic E-state index is 0.250. The van der Waals surface area contributed by atoms with Gasteiger partial charge < -0.3 is 5.32 Å². The Morgan fingerprint density at radius 1 is 1.29 bits per heavy atom. The summed E-state index contributed by atoms with van der Waals surface area (Å²) in [6.07, 6.45) is 6.07. The van der Waals surface area contributed by atoms with Crippen LogP contribution in [0.5, 0.6) is 0 Å². The molecule has 0 spiro atoms. The Hall–Kier alpha value is -1.98. The fourth-order valence-corrected chi connectivity index (χ4v) is 4.13. The van der Waals surface area contributed by atoms with E-state index in [-0.39, 0.29) is 5.41 Å². The van der Waals surface area contributed by atoms with Gasteiger partial charge in [-0.1, -0.05) is 32.0 Å². The number of hydrogen-bond donors (Lipinski definition) is 1. The van der Waals surface area contributed by atoms with E-state index in [1.54, 1.807) is 11.3 Å². The standard InChI is InChI=1S/C19H22N4S/c1-19(2)10-16(21-13-18-20-8-9-24-18)15-12-22-23(17(15)11-19)14-6-4-3-5-7-14/h3-9,12,16,21H,10-11,13H2,1-2H3. The normalized spacial score (nSPS) is 19.2. The molecule has 1 aromatic carbocycles. The number of nitrogens with one attached hydrogen (secondary N) is 1. The van der Waals surface area contributed by atoms with Crippen molar-refractivity contribution in [2.75, 3.05) is 0 Å². The lowest BCUT2D eigenvalue weighted by atomic mass is 9.74. The van der Waals surface area contributed by atoms with Gasteiger partial charge in [0.1, 0.15) is 5.01 Å². The monoisotopic (exact) mass is 338 g/mol. The maximum absolute atomic E-state index is 4.69. The third kappa shape index (κ3) is 3.01. The highest BCUT2D eigenvalue weighted by Gasteiger charge is 2.35. The van der Waals surface area contributed by atoms with Gasteiger partial charge in [-0.3, -0.25) is 0 Å². The number of para-hydroxylation sites is 1. The Morgan fingerprint density at radius 3 is 2.88 bits per heavy atom. The average Bonchev–Trinajstić information content (AvgIpc) is 3.22. The zero-order valence-corrected chi connectivity index (χ0v) is 14.9. The van der Waals surface area contributed by atoms with Crippen LogP contribution in [0.1, 0.15) is 42.6 Å². The fourth-order valence-electron chi connectivity index (χ4n) is 3.57. The second-order valence-corrected chi connectivity index (χ2v) is 8.18. The minimum absolute atomic E-state index is 0.250. The molecule has 0 bridgehead atoms. The topological polar surface area (TPSA) is 42.7 Å². The Bertz CT molecular complexity index is 805. The molecular formula is C19H22N4S. The van der Waals surface area contributed by atoms with Crippen LogP contribution in [0.4, 0.5) is 0 Å². The molecule has 2 heterocycles. The summed E-state index contributed by atoms with van der Waals surface area (Å²) in [4.78, 5) is 4.38. The van der Waals surface area contributed by atoms with Gasteiger partial charge in [0.05, 0.1) is 11.9 Å². The lowest BCUT2D eigenvalue weighted by Crippen LogP contribution is -2.33. The van der Waals surface area contributed by atoms with Crippen LogP contribution >= 0.6 is 11.3 Å². The van der Waals surface area contributed by atoms with E-state index >= 15 is 0 Å². The van der Waals surface area contributed by atoms with Crippen LogP contribution in [-0.2, 0) is 13.0 Å². The summed E-state index contributed by atoms with van der Waals surface area (Å²) in [5.74, 6) is 0. The Labute approximate surface area is 146 Å². The summed E-state index contributed by atoms with van der Waals surface area (Å²) in [7, 11) is 0. The number of rotatable bonds is 4. The molecule has 2 aromatic heterocycles. The summed E-state index contributed by atoms with van der Waals surface area (Å²) in [5, 5.41) is 11.6. The van der Waals surface area contributed by atoms with Crippen LogP contribution in [0.3, 0.4) is 0 Å². The van der Waals surface area contributed by atoms with Crippen molar-refractivity contribution in [3.63, 3.8) is 0 Å². The first kappa shape index (κ1) is 15.5.